The van der Waals surface area contributed by atoms with E-state index in [0.29, 0.717) is 0 Å². The molecule has 0 saturated heterocycles. The van der Waals surface area contributed by atoms with E-state index in [0.717, 1.165) is 30.8 Å². The maximum absolute atomic E-state index is 11.0. The number of unbranched alkanes of at least 4 members (excludes halogenated alkanes) is 2. The lowest BCUT2D eigenvalue weighted by molar-refractivity contribution is -0.138. The minimum atomic E-state index is -0.663. The van der Waals surface area contributed by atoms with Crippen molar-refractivity contribution in [3.05, 3.63) is 106 Å². The monoisotopic (exact) mass is 494 g/mol. The molecular formula is C33H34O4. The number of ether oxygens (including phenoxy) is 2. The summed E-state index contributed by atoms with van der Waals surface area (Å²) in [4.78, 5) is 11.0. The Morgan fingerprint density at radius 3 is 2.27 bits per heavy atom. The molecule has 3 aromatic carbocycles. The zero-order chi connectivity index (χ0) is 25.8. The highest BCUT2D eigenvalue weighted by atomic mass is 16.5. The van der Waals surface area contributed by atoms with Crippen molar-refractivity contribution in [2.24, 2.45) is 5.92 Å². The summed E-state index contributed by atoms with van der Waals surface area (Å²) in [7, 11) is 3.40. The summed E-state index contributed by atoms with van der Waals surface area (Å²) in [5.74, 6) is 1.32. The van der Waals surface area contributed by atoms with Crippen LogP contribution in [0.15, 0.2) is 78.9 Å². The predicted octanol–water partition coefficient (Wildman–Crippen LogP) is 7.29. The second-order valence-corrected chi connectivity index (χ2v) is 10.0. The van der Waals surface area contributed by atoms with Gasteiger partial charge in [-0.1, -0.05) is 67.1 Å². The number of methoxy groups -OCH3 is 2. The molecule has 1 N–H and O–H groups in total. The van der Waals surface area contributed by atoms with Crippen LogP contribution in [0.2, 0.25) is 0 Å². The van der Waals surface area contributed by atoms with Crippen LogP contribution in [0.3, 0.4) is 0 Å². The Morgan fingerprint density at radius 1 is 0.865 bits per heavy atom. The molecule has 2 unspecified atom stereocenters. The largest absolute Gasteiger partial charge is 0.497 e. The van der Waals surface area contributed by atoms with Crippen LogP contribution in [-0.2, 0) is 17.6 Å². The molecule has 0 spiro atoms. The van der Waals surface area contributed by atoms with Crippen LogP contribution in [0, 0.1) is 16.4 Å². The molecule has 2 atom stereocenters. The summed E-state index contributed by atoms with van der Waals surface area (Å²) in [6.45, 7) is 0. The lowest BCUT2D eigenvalue weighted by Crippen LogP contribution is -1.99. The maximum atomic E-state index is 11.0. The van der Waals surface area contributed by atoms with E-state index in [9.17, 15) is 4.79 Å². The fraction of sp³-hybridized carbons (Fsp3) is 0.303. The SMILES string of the molecule is COc1cc2ccc1=2.COc1ccc2c(CCCCCc3ccc(C4CC4C(=O)O)cc3)cccc2c1. The molecular weight excluding hydrogens is 460 g/mol. The third-order valence-electron chi connectivity index (χ3n) is 7.62. The van der Waals surface area contributed by atoms with Gasteiger partial charge in [-0.05, 0) is 88.9 Å². The number of fused-ring (bicyclic) bond motifs is 1. The highest BCUT2D eigenvalue weighted by Crippen LogP contribution is 2.47. The van der Waals surface area contributed by atoms with Crippen LogP contribution in [0.5, 0.6) is 11.5 Å². The maximum Gasteiger partial charge on any atom is 0.307 e. The van der Waals surface area contributed by atoms with Crippen LogP contribution in [-0.4, -0.2) is 25.3 Å². The third kappa shape index (κ3) is 5.64. The van der Waals surface area contributed by atoms with E-state index < -0.39 is 5.97 Å². The first-order chi connectivity index (χ1) is 18.1. The average molecular weight is 495 g/mol. The Hall–Kier alpha value is -3.79. The number of benzene rings is 4. The van der Waals surface area contributed by atoms with Gasteiger partial charge in [-0.3, -0.25) is 4.79 Å². The van der Waals surface area contributed by atoms with E-state index in [1.807, 2.05) is 12.1 Å². The van der Waals surface area contributed by atoms with Crippen LogP contribution in [0.25, 0.3) is 10.8 Å². The van der Waals surface area contributed by atoms with Crippen molar-refractivity contribution >= 4 is 16.7 Å². The summed E-state index contributed by atoms with van der Waals surface area (Å²) in [6.07, 6.45) is 6.54. The van der Waals surface area contributed by atoms with Gasteiger partial charge in [0.15, 0.2) is 0 Å². The second kappa shape index (κ2) is 11.1. The molecule has 1 saturated carbocycles. The van der Waals surface area contributed by atoms with Crippen molar-refractivity contribution < 1.29 is 19.4 Å². The quantitative estimate of drug-likeness (QED) is 0.207. The van der Waals surface area contributed by atoms with Gasteiger partial charge in [0.2, 0.25) is 0 Å². The number of carboxylic acids is 1. The minimum absolute atomic E-state index is 0.170. The molecule has 4 nitrogen and oxygen atoms in total. The van der Waals surface area contributed by atoms with Crippen molar-refractivity contribution in [2.75, 3.05) is 14.2 Å². The van der Waals surface area contributed by atoms with Gasteiger partial charge in [-0.2, -0.15) is 0 Å². The Balaban J connectivity index is 0.000000295. The molecule has 6 rings (SSSR count). The molecule has 0 heterocycles. The van der Waals surface area contributed by atoms with E-state index >= 15 is 0 Å². The van der Waals surface area contributed by atoms with Gasteiger partial charge in [0.1, 0.15) is 11.5 Å². The lowest BCUT2D eigenvalue weighted by Gasteiger charge is -2.08. The van der Waals surface area contributed by atoms with Crippen molar-refractivity contribution in [2.45, 2.75) is 44.4 Å². The van der Waals surface area contributed by atoms with Gasteiger partial charge in [0.25, 0.3) is 0 Å². The molecule has 3 aromatic rings. The Bertz CT molecular complexity index is 1490. The van der Waals surface area contributed by atoms with Crippen LogP contribution < -0.4 is 9.47 Å². The number of carbonyl (C=O) groups is 1. The molecule has 3 aliphatic carbocycles. The number of rotatable bonds is 10. The van der Waals surface area contributed by atoms with Crippen molar-refractivity contribution in [1.82, 2.24) is 0 Å². The zero-order valence-electron chi connectivity index (χ0n) is 21.6. The molecule has 4 heteroatoms. The normalized spacial score (nSPS) is 16.5. The Morgan fingerprint density at radius 2 is 1.68 bits per heavy atom. The molecule has 0 aliphatic heterocycles. The molecule has 1 fully saturated rings. The van der Waals surface area contributed by atoms with E-state index in [1.165, 1.54) is 57.2 Å². The summed E-state index contributed by atoms with van der Waals surface area (Å²) in [5, 5.41) is 14.2. The number of aliphatic carboxylic acids is 1. The Kier molecular flexibility index (Phi) is 7.45. The zero-order valence-corrected chi connectivity index (χ0v) is 21.6. The van der Waals surface area contributed by atoms with E-state index in [2.05, 4.69) is 66.7 Å². The van der Waals surface area contributed by atoms with Gasteiger partial charge in [0.05, 0.1) is 20.1 Å². The van der Waals surface area contributed by atoms with Crippen LogP contribution in [0.1, 0.15) is 48.3 Å². The molecule has 0 aromatic heterocycles. The summed E-state index contributed by atoms with van der Waals surface area (Å²) in [6, 6.07) is 27.6. The van der Waals surface area contributed by atoms with Gasteiger partial charge in [-0.15, -0.1) is 0 Å². The second-order valence-electron chi connectivity index (χ2n) is 10.0. The molecule has 190 valence electrons. The van der Waals surface area contributed by atoms with Gasteiger partial charge in [-0.25, -0.2) is 0 Å². The predicted molar refractivity (Wildman–Crippen MR) is 147 cm³/mol. The highest BCUT2D eigenvalue weighted by molar-refractivity contribution is 5.87. The number of aryl methyl sites for hydroxylation is 2. The number of hydrogen-bond donors (Lipinski definition) is 1. The number of hydrogen-bond acceptors (Lipinski definition) is 3. The summed E-state index contributed by atoms with van der Waals surface area (Å²) >= 11 is 0. The first-order valence-corrected chi connectivity index (χ1v) is 13.1. The van der Waals surface area contributed by atoms with Gasteiger partial charge in [0, 0.05) is 5.22 Å². The summed E-state index contributed by atoms with van der Waals surface area (Å²) in [5.41, 5.74) is 3.93. The van der Waals surface area contributed by atoms with Crippen molar-refractivity contribution in [3.63, 3.8) is 0 Å². The first-order valence-electron chi connectivity index (χ1n) is 13.1. The molecule has 3 aliphatic rings. The standard InChI is InChI=1S/C26H28O3.C7H6O/c1-29-22-14-15-23-19(8-5-9-21(23)16-22)7-4-2-3-6-18-10-12-20(13-11-18)24-17-25(24)26(27)28;1-8-7-4-5-2-3-6(5)7/h5,8-16,24-25H,2-4,6-7,17H2,1H3,(H,27,28);2-4H,1H3. The van der Waals surface area contributed by atoms with E-state index in [4.69, 9.17) is 14.6 Å². The van der Waals surface area contributed by atoms with Gasteiger partial charge < -0.3 is 14.6 Å². The van der Waals surface area contributed by atoms with Crippen LogP contribution >= 0.6 is 0 Å². The lowest BCUT2D eigenvalue weighted by atomic mass is 9.98. The number of carboxylic acid groups (broad SMARTS) is 1. The Labute approximate surface area is 218 Å². The molecule has 37 heavy (non-hydrogen) atoms. The molecule has 0 bridgehead atoms. The van der Waals surface area contributed by atoms with E-state index in [-0.39, 0.29) is 11.8 Å². The highest BCUT2D eigenvalue weighted by Gasteiger charge is 2.43. The van der Waals surface area contributed by atoms with Crippen LogP contribution in [0.4, 0.5) is 0 Å². The fourth-order valence-electron chi connectivity index (χ4n) is 5.19. The smallest absolute Gasteiger partial charge is 0.307 e. The van der Waals surface area contributed by atoms with Gasteiger partial charge >= 0.3 is 5.97 Å². The molecule has 0 radical (unpaired) electrons. The van der Waals surface area contributed by atoms with Crippen molar-refractivity contribution in [3.8, 4) is 11.5 Å². The van der Waals surface area contributed by atoms with Crippen molar-refractivity contribution in [1.29, 1.82) is 0 Å². The topological polar surface area (TPSA) is 55.8 Å². The first kappa shape index (κ1) is 24.9. The fourth-order valence-corrected chi connectivity index (χ4v) is 5.19. The van der Waals surface area contributed by atoms with E-state index in [1.54, 1.807) is 14.2 Å². The third-order valence-corrected chi connectivity index (χ3v) is 7.62. The molecule has 0 amide bonds. The minimum Gasteiger partial charge on any atom is -0.497 e. The average Bonchev–Trinajstić information content (AvgIpc) is 3.72. The summed E-state index contributed by atoms with van der Waals surface area (Å²) < 4.78 is 10.3.